The number of nitrogens with zero attached hydrogens (tertiary/aromatic N) is 1. The normalized spacial score (nSPS) is 11.7. The minimum absolute atomic E-state index is 0.0644. The SMILES string of the molecule is CC(C)CN(CCC(=O)O)C(=O)CC(NC(=O)c1ccccc1)c1ccccc1. The van der Waals surface area contributed by atoms with Crippen LogP contribution >= 0.6 is 0 Å². The van der Waals surface area contributed by atoms with Crippen molar-refractivity contribution in [3.8, 4) is 0 Å². The number of carboxylic acids is 1. The zero-order valence-corrected chi connectivity index (χ0v) is 16.9. The molecule has 0 aromatic heterocycles. The molecule has 2 aromatic rings. The Balaban J connectivity index is 2.18. The zero-order chi connectivity index (χ0) is 21.2. The van der Waals surface area contributed by atoms with Crippen LogP contribution < -0.4 is 5.32 Å². The van der Waals surface area contributed by atoms with E-state index in [1.165, 1.54) is 0 Å². The van der Waals surface area contributed by atoms with Crippen LogP contribution in [0.5, 0.6) is 0 Å². The Hall–Kier alpha value is -3.15. The molecule has 2 rings (SSSR count). The van der Waals surface area contributed by atoms with Crippen molar-refractivity contribution >= 4 is 17.8 Å². The summed E-state index contributed by atoms with van der Waals surface area (Å²) in [7, 11) is 0. The molecule has 0 saturated heterocycles. The van der Waals surface area contributed by atoms with E-state index in [0.29, 0.717) is 12.1 Å². The molecule has 0 fully saturated rings. The number of hydrogen-bond donors (Lipinski definition) is 2. The Morgan fingerprint density at radius 2 is 1.55 bits per heavy atom. The highest BCUT2D eigenvalue weighted by Crippen LogP contribution is 2.19. The van der Waals surface area contributed by atoms with E-state index < -0.39 is 12.0 Å². The smallest absolute Gasteiger partial charge is 0.305 e. The molecule has 29 heavy (non-hydrogen) atoms. The van der Waals surface area contributed by atoms with E-state index in [1.54, 1.807) is 29.2 Å². The van der Waals surface area contributed by atoms with Gasteiger partial charge < -0.3 is 15.3 Å². The summed E-state index contributed by atoms with van der Waals surface area (Å²) in [6.07, 6.45) is -0.0419. The zero-order valence-electron chi connectivity index (χ0n) is 16.9. The van der Waals surface area contributed by atoms with Gasteiger partial charge in [-0.2, -0.15) is 0 Å². The number of benzene rings is 2. The Morgan fingerprint density at radius 3 is 2.10 bits per heavy atom. The van der Waals surface area contributed by atoms with E-state index in [9.17, 15) is 14.4 Å². The Bertz CT molecular complexity index is 806. The Labute approximate surface area is 171 Å². The highest BCUT2D eigenvalue weighted by molar-refractivity contribution is 5.94. The van der Waals surface area contributed by atoms with Gasteiger partial charge in [0.2, 0.25) is 5.91 Å². The molecule has 6 heteroatoms. The van der Waals surface area contributed by atoms with Crippen molar-refractivity contribution in [2.24, 2.45) is 5.92 Å². The Kier molecular flexibility index (Phi) is 8.40. The van der Waals surface area contributed by atoms with Crippen molar-refractivity contribution in [1.29, 1.82) is 0 Å². The van der Waals surface area contributed by atoms with Crippen LogP contribution in [0.2, 0.25) is 0 Å². The average molecular weight is 396 g/mol. The fourth-order valence-electron chi connectivity index (χ4n) is 3.06. The number of hydrogen-bond acceptors (Lipinski definition) is 3. The summed E-state index contributed by atoms with van der Waals surface area (Å²) in [5.41, 5.74) is 1.35. The predicted molar refractivity (Wildman–Crippen MR) is 111 cm³/mol. The molecule has 0 bridgehead atoms. The molecule has 0 spiro atoms. The van der Waals surface area contributed by atoms with Crippen molar-refractivity contribution < 1.29 is 19.5 Å². The van der Waals surface area contributed by atoms with Gasteiger partial charge in [-0.1, -0.05) is 62.4 Å². The molecule has 0 radical (unpaired) electrons. The van der Waals surface area contributed by atoms with Crippen LogP contribution in [-0.4, -0.2) is 40.9 Å². The summed E-state index contributed by atoms with van der Waals surface area (Å²) in [4.78, 5) is 38.2. The first-order chi connectivity index (χ1) is 13.9. The largest absolute Gasteiger partial charge is 0.481 e. The van der Waals surface area contributed by atoms with E-state index >= 15 is 0 Å². The molecule has 154 valence electrons. The summed E-state index contributed by atoms with van der Waals surface area (Å²) < 4.78 is 0. The lowest BCUT2D eigenvalue weighted by molar-refractivity contribution is -0.138. The monoisotopic (exact) mass is 396 g/mol. The average Bonchev–Trinajstić information content (AvgIpc) is 2.71. The van der Waals surface area contributed by atoms with Gasteiger partial charge in [0.25, 0.3) is 5.91 Å². The van der Waals surface area contributed by atoms with Crippen LogP contribution in [0.1, 0.15) is 48.7 Å². The number of carbonyl (C=O) groups excluding carboxylic acids is 2. The number of carbonyl (C=O) groups is 3. The molecule has 2 N–H and O–H groups in total. The van der Waals surface area contributed by atoms with E-state index in [-0.39, 0.29) is 37.1 Å². The van der Waals surface area contributed by atoms with Crippen molar-refractivity contribution in [2.75, 3.05) is 13.1 Å². The van der Waals surface area contributed by atoms with Crippen LogP contribution in [0.15, 0.2) is 60.7 Å². The second-order valence-corrected chi connectivity index (χ2v) is 7.38. The van der Waals surface area contributed by atoms with Gasteiger partial charge in [-0.15, -0.1) is 0 Å². The lowest BCUT2D eigenvalue weighted by Gasteiger charge is -2.27. The lowest BCUT2D eigenvalue weighted by atomic mass is 10.0. The maximum Gasteiger partial charge on any atom is 0.305 e. The van der Waals surface area contributed by atoms with Crippen molar-refractivity contribution in [3.05, 3.63) is 71.8 Å². The molecule has 2 aromatic carbocycles. The first kappa shape index (κ1) is 22.1. The molecular formula is C23H28N2O4. The van der Waals surface area contributed by atoms with Gasteiger partial charge in [0.05, 0.1) is 18.9 Å². The van der Waals surface area contributed by atoms with Gasteiger partial charge in [-0.3, -0.25) is 14.4 Å². The molecular weight excluding hydrogens is 368 g/mol. The van der Waals surface area contributed by atoms with Crippen molar-refractivity contribution in [2.45, 2.75) is 32.7 Å². The lowest BCUT2D eigenvalue weighted by Crippen LogP contribution is -2.39. The highest BCUT2D eigenvalue weighted by Gasteiger charge is 2.23. The third-order valence-electron chi connectivity index (χ3n) is 4.46. The summed E-state index contributed by atoms with van der Waals surface area (Å²) in [5, 5.41) is 11.9. The second-order valence-electron chi connectivity index (χ2n) is 7.38. The van der Waals surface area contributed by atoms with E-state index in [4.69, 9.17) is 5.11 Å². The third kappa shape index (κ3) is 7.41. The molecule has 0 heterocycles. The van der Waals surface area contributed by atoms with Gasteiger partial charge >= 0.3 is 5.97 Å². The van der Waals surface area contributed by atoms with Crippen molar-refractivity contribution in [3.63, 3.8) is 0 Å². The first-order valence-electron chi connectivity index (χ1n) is 9.77. The van der Waals surface area contributed by atoms with Crippen LogP contribution in [0.25, 0.3) is 0 Å². The minimum Gasteiger partial charge on any atom is -0.481 e. The number of rotatable bonds is 10. The summed E-state index contributed by atoms with van der Waals surface area (Å²) in [6, 6.07) is 17.7. The van der Waals surface area contributed by atoms with Gasteiger partial charge in [0.15, 0.2) is 0 Å². The molecule has 1 unspecified atom stereocenters. The fourth-order valence-corrected chi connectivity index (χ4v) is 3.06. The predicted octanol–water partition coefficient (Wildman–Crippen LogP) is 3.51. The standard InChI is InChI=1S/C23H28N2O4/c1-17(2)16-25(14-13-22(27)28)21(26)15-20(18-9-5-3-6-10-18)24-23(29)19-11-7-4-8-12-19/h3-12,17,20H,13-16H2,1-2H3,(H,24,29)(H,27,28). The van der Waals surface area contributed by atoms with Crippen LogP contribution in [0.4, 0.5) is 0 Å². The number of amides is 2. The first-order valence-corrected chi connectivity index (χ1v) is 9.77. The molecule has 1 atom stereocenters. The molecule has 2 amide bonds. The van der Waals surface area contributed by atoms with Crippen LogP contribution in [0, 0.1) is 5.92 Å². The molecule has 0 saturated carbocycles. The third-order valence-corrected chi connectivity index (χ3v) is 4.46. The van der Waals surface area contributed by atoms with E-state index in [0.717, 1.165) is 5.56 Å². The summed E-state index contributed by atoms with van der Waals surface area (Å²) in [6.45, 7) is 4.58. The van der Waals surface area contributed by atoms with Gasteiger partial charge in [-0.25, -0.2) is 0 Å². The number of carboxylic acid groups (broad SMARTS) is 1. The number of aliphatic carboxylic acids is 1. The van der Waals surface area contributed by atoms with E-state index in [1.807, 2.05) is 50.2 Å². The van der Waals surface area contributed by atoms with E-state index in [2.05, 4.69) is 5.32 Å². The summed E-state index contributed by atoms with van der Waals surface area (Å²) in [5.74, 6) is -1.17. The minimum atomic E-state index is -0.941. The maximum atomic E-state index is 13.0. The number of nitrogens with one attached hydrogen (secondary N) is 1. The molecule has 0 aliphatic carbocycles. The highest BCUT2D eigenvalue weighted by atomic mass is 16.4. The topological polar surface area (TPSA) is 86.7 Å². The molecule has 6 nitrogen and oxygen atoms in total. The van der Waals surface area contributed by atoms with Gasteiger partial charge in [0.1, 0.15) is 0 Å². The maximum absolute atomic E-state index is 13.0. The second kappa shape index (κ2) is 11.0. The Morgan fingerprint density at radius 1 is 0.966 bits per heavy atom. The van der Waals surface area contributed by atoms with Crippen molar-refractivity contribution in [1.82, 2.24) is 10.2 Å². The van der Waals surface area contributed by atoms with Gasteiger partial charge in [0, 0.05) is 18.7 Å². The quantitative estimate of drug-likeness (QED) is 0.643. The van der Waals surface area contributed by atoms with Gasteiger partial charge in [-0.05, 0) is 23.6 Å². The fraction of sp³-hybridized carbons (Fsp3) is 0.348. The summed E-state index contributed by atoms with van der Waals surface area (Å²) >= 11 is 0. The molecule has 0 aliphatic heterocycles. The van der Waals surface area contributed by atoms with Crippen LogP contribution in [0.3, 0.4) is 0 Å². The molecule has 0 aliphatic rings. The van der Waals surface area contributed by atoms with Crippen LogP contribution in [-0.2, 0) is 9.59 Å².